The highest BCUT2D eigenvalue weighted by Gasteiger charge is 2.32. The number of hydrogen-bond donors (Lipinski definition) is 1. The van der Waals surface area contributed by atoms with E-state index in [4.69, 9.17) is 10.3 Å². The van der Waals surface area contributed by atoms with Gasteiger partial charge in [-0.15, -0.1) is 0 Å². The van der Waals surface area contributed by atoms with Crippen molar-refractivity contribution in [1.29, 1.82) is 5.53 Å². The first kappa shape index (κ1) is 14.3. The van der Waals surface area contributed by atoms with Crippen molar-refractivity contribution in [2.24, 2.45) is 9.98 Å². The van der Waals surface area contributed by atoms with Crippen molar-refractivity contribution in [3.05, 3.63) is 0 Å². The summed E-state index contributed by atoms with van der Waals surface area (Å²) < 4.78 is 5.05. The second-order valence-electron chi connectivity index (χ2n) is 4.06. The van der Waals surface area contributed by atoms with Gasteiger partial charge in [0.25, 0.3) is 5.71 Å². The SMILES string of the molecule is CCCCCCCCOC(=O)C1=NC=NC1=[N+]=N. The van der Waals surface area contributed by atoms with E-state index in [0.29, 0.717) is 6.61 Å². The Morgan fingerprint density at radius 2 is 2.06 bits per heavy atom. The summed E-state index contributed by atoms with van der Waals surface area (Å²) >= 11 is 0. The Bertz CT molecular complexity index is 395. The van der Waals surface area contributed by atoms with Crippen LogP contribution in [0.1, 0.15) is 45.4 Å². The molecule has 1 heterocycles. The van der Waals surface area contributed by atoms with E-state index < -0.39 is 5.97 Å². The first-order valence-electron chi connectivity index (χ1n) is 6.31. The predicted molar refractivity (Wildman–Crippen MR) is 68.2 cm³/mol. The van der Waals surface area contributed by atoms with Gasteiger partial charge in [0, 0.05) is 0 Å². The molecule has 0 aliphatic carbocycles. The van der Waals surface area contributed by atoms with Crippen molar-refractivity contribution in [3.8, 4) is 0 Å². The highest BCUT2D eigenvalue weighted by Crippen LogP contribution is 2.05. The molecule has 0 saturated carbocycles. The molecule has 0 atom stereocenters. The van der Waals surface area contributed by atoms with Crippen molar-refractivity contribution in [1.82, 2.24) is 0 Å². The minimum Gasteiger partial charge on any atom is -0.461 e. The number of nitrogens with one attached hydrogen (secondary N) is 1. The third-order valence-electron chi connectivity index (χ3n) is 2.61. The Morgan fingerprint density at radius 3 is 2.78 bits per heavy atom. The summed E-state index contributed by atoms with van der Waals surface area (Å²) in [5.41, 5.74) is 6.84. The number of ether oxygens (including phenoxy) is 1. The molecule has 18 heavy (non-hydrogen) atoms. The van der Waals surface area contributed by atoms with Crippen molar-refractivity contribution >= 4 is 23.9 Å². The van der Waals surface area contributed by atoms with Crippen LogP contribution in [0.4, 0.5) is 0 Å². The molecule has 1 rings (SSSR count). The Balaban J connectivity index is 2.13. The molecular formula is C12H19N4O2+. The molecule has 0 aromatic heterocycles. The number of rotatable bonds is 8. The van der Waals surface area contributed by atoms with Gasteiger partial charge in [0.2, 0.25) is 6.34 Å². The van der Waals surface area contributed by atoms with Crippen LogP contribution >= 0.6 is 0 Å². The van der Waals surface area contributed by atoms with Gasteiger partial charge in [-0.3, -0.25) is 0 Å². The number of carbonyl (C=O) groups excluding carboxylic acids is 1. The predicted octanol–water partition coefficient (Wildman–Crippen LogP) is 2.01. The van der Waals surface area contributed by atoms with Gasteiger partial charge >= 0.3 is 11.8 Å². The molecule has 0 bridgehead atoms. The molecule has 0 aromatic carbocycles. The summed E-state index contributed by atoms with van der Waals surface area (Å²) in [5.74, 6) is -0.532. The molecule has 0 unspecified atom stereocenters. The van der Waals surface area contributed by atoms with Crippen molar-refractivity contribution in [3.63, 3.8) is 0 Å². The van der Waals surface area contributed by atoms with Gasteiger partial charge in [-0.05, 0) is 16.9 Å². The van der Waals surface area contributed by atoms with E-state index in [0.717, 1.165) is 12.8 Å². The highest BCUT2D eigenvalue weighted by atomic mass is 16.5. The first-order chi connectivity index (χ1) is 8.79. The molecule has 6 nitrogen and oxygen atoms in total. The standard InChI is InChI=1S/C12H19N4O2/c1-2-3-4-5-6-7-8-18-12(17)10-11(16-13)15-9-14-10/h9,13H,2-8H2,1H3/q+1. The van der Waals surface area contributed by atoms with Crippen LogP contribution in [-0.4, -0.2) is 35.3 Å². The van der Waals surface area contributed by atoms with Gasteiger partial charge in [-0.1, -0.05) is 43.8 Å². The maximum Gasteiger partial charge on any atom is 0.480 e. The number of aliphatic imine (C=N–C) groups is 2. The zero-order valence-corrected chi connectivity index (χ0v) is 10.7. The van der Waals surface area contributed by atoms with Crippen LogP contribution in [0.15, 0.2) is 9.98 Å². The summed E-state index contributed by atoms with van der Waals surface area (Å²) in [7, 11) is 0. The minimum absolute atomic E-state index is 0.0166. The molecule has 6 heteroatoms. The lowest BCUT2D eigenvalue weighted by atomic mass is 10.1. The Labute approximate surface area is 106 Å². The summed E-state index contributed by atoms with van der Waals surface area (Å²) in [6.07, 6.45) is 8.03. The Hall–Kier alpha value is -1.81. The van der Waals surface area contributed by atoms with E-state index in [1.54, 1.807) is 0 Å². The molecule has 1 aliphatic rings. The molecule has 1 N–H and O–H groups in total. The molecule has 0 amide bonds. The molecule has 0 saturated heterocycles. The maximum absolute atomic E-state index is 11.6. The van der Waals surface area contributed by atoms with Gasteiger partial charge in [-0.25, -0.2) is 4.79 Å². The summed E-state index contributed by atoms with van der Waals surface area (Å²) in [6.45, 7) is 2.56. The highest BCUT2D eigenvalue weighted by molar-refractivity contribution is 6.66. The largest absolute Gasteiger partial charge is 0.480 e. The second kappa shape index (κ2) is 8.31. The third kappa shape index (κ3) is 4.59. The normalized spacial score (nSPS) is 13.4. The van der Waals surface area contributed by atoms with Gasteiger partial charge in [-0.2, -0.15) is 4.99 Å². The summed E-state index contributed by atoms with van der Waals surface area (Å²) in [5, 5.41) is 0. The van der Waals surface area contributed by atoms with Crippen LogP contribution in [0.3, 0.4) is 0 Å². The third-order valence-corrected chi connectivity index (χ3v) is 2.61. The molecule has 0 aromatic rings. The van der Waals surface area contributed by atoms with Crippen LogP contribution in [0.25, 0.3) is 0 Å². The number of unbranched alkanes of at least 4 members (excludes halogenated alkanes) is 5. The van der Waals surface area contributed by atoms with Crippen molar-refractivity contribution < 1.29 is 14.3 Å². The van der Waals surface area contributed by atoms with Crippen LogP contribution in [0, 0.1) is 5.53 Å². The van der Waals surface area contributed by atoms with Crippen molar-refractivity contribution in [2.45, 2.75) is 45.4 Å². The monoisotopic (exact) mass is 251 g/mol. The molecular weight excluding hydrogens is 232 g/mol. The number of amidine groups is 1. The van der Waals surface area contributed by atoms with E-state index in [1.165, 1.54) is 32.0 Å². The van der Waals surface area contributed by atoms with E-state index >= 15 is 0 Å². The Kier molecular flexibility index (Phi) is 6.58. The average Bonchev–Trinajstić information content (AvgIpc) is 2.85. The molecule has 98 valence electrons. The number of hydrogen-bond acceptors (Lipinski definition) is 4. The number of carbonyl (C=O) groups is 1. The number of nitrogens with zero attached hydrogens (tertiary/aromatic N) is 3. The van der Waals surface area contributed by atoms with E-state index in [-0.39, 0.29) is 11.5 Å². The Morgan fingerprint density at radius 1 is 1.33 bits per heavy atom. The zero-order valence-electron chi connectivity index (χ0n) is 10.7. The fourth-order valence-electron chi connectivity index (χ4n) is 1.60. The van der Waals surface area contributed by atoms with Gasteiger partial charge in [0.15, 0.2) is 0 Å². The first-order valence-corrected chi connectivity index (χ1v) is 6.31. The van der Waals surface area contributed by atoms with Crippen molar-refractivity contribution in [2.75, 3.05) is 6.61 Å². The molecule has 0 radical (unpaired) electrons. The van der Waals surface area contributed by atoms with E-state index in [2.05, 4.69) is 21.7 Å². The number of esters is 1. The quantitative estimate of drug-likeness (QED) is 0.309. The zero-order chi connectivity index (χ0) is 13.2. The maximum atomic E-state index is 11.6. The van der Waals surface area contributed by atoms with Gasteiger partial charge < -0.3 is 4.74 Å². The van der Waals surface area contributed by atoms with E-state index in [1.807, 2.05) is 0 Å². The van der Waals surface area contributed by atoms with Crippen LogP contribution in [0.2, 0.25) is 0 Å². The lowest BCUT2D eigenvalue weighted by Crippen LogP contribution is -2.24. The van der Waals surface area contributed by atoms with E-state index in [9.17, 15) is 4.79 Å². The smallest absolute Gasteiger partial charge is 0.461 e. The lowest BCUT2D eigenvalue weighted by molar-refractivity contribution is -0.136. The molecule has 0 spiro atoms. The van der Waals surface area contributed by atoms with Crippen LogP contribution in [0.5, 0.6) is 0 Å². The fourth-order valence-corrected chi connectivity index (χ4v) is 1.60. The molecule has 0 fully saturated rings. The topological polar surface area (TPSA) is 89.0 Å². The minimum atomic E-state index is -0.549. The second-order valence-corrected chi connectivity index (χ2v) is 4.06. The molecule has 1 aliphatic heterocycles. The summed E-state index contributed by atoms with van der Waals surface area (Å²) in [4.78, 5) is 22.1. The van der Waals surface area contributed by atoms with Crippen LogP contribution < -0.4 is 0 Å². The average molecular weight is 251 g/mol. The fraction of sp³-hybridized carbons (Fsp3) is 0.667. The summed E-state index contributed by atoms with van der Waals surface area (Å²) in [6, 6.07) is 0. The lowest BCUT2D eigenvalue weighted by Gasteiger charge is -2.02. The van der Waals surface area contributed by atoms with Gasteiger partial charge in [0.05, 0.1) is 6.61 Å². The van der Waals surface area contributed by atoms with Crippen LogP contribution in [-0.2, 0) is 9.53 Å². The van der Waals surface area contributed by atoms with Gasteiger partial charge in [0.1, 0.15) is 0 Å².